The molecule has 0 bridgehead atoms. The second kappa shape index (κ2) is 5.38. The van der Waals surface area contributed by atoms with Gasteiger partial charge in [-0.15, -0.1) is 11.3 Å². The Hall–Kier alpha value is -2.80. The number of rotatable bonds is 2. The number of H-pyrrole nitrogens is 1. The quantitative estimate of drug-likeness (QED) is 0.582. The summed E-state index contributed by atoms with van der Waals surface area (Å²) in [4.78, 5) is 18.3. The SMILES string of the molecule is Cc1c(-c2nc(-c3ccc4[nH]c(=O)oc4c3)cs2)ccc(F)c1F. The van der Waals surface area contributed by atoms with E-state index in [2.05, 4.69) is 9.97 Å². The van der Waals surface area contributed by atoms with Crippen LogP contribution in [-0.2, 0) is 0 Å². The average molecular weight is 344 g/mol. The van der Waals surface area contributed by atoms with Crippen molar-refractivity contribution in [1.82, 2.24) is 9.97 Å². The molecule has 0 fully saturated rings. The molecule has 2 aromatic heterocycles. The van der Waals surface area contributed by atoms with Gasteiger partial charge >= 0.3 is 5.76 Å². The highest BCUT2D eigenvalue weighted by atomic mass is 32.1. The number of hydrogen-bond donors (Lipinski definition) is 1. The fourth-order valence-electron chi connectivity index (χ4n) is 2.52. The Kier molecular flexibility index (Phi) is 3.31. The van der Waals surface area contributed by atoms with Crippen LogP contribution in [0.25, 0.3) is 32.9 Å². The van der Waals surface area contributed by atoms with Gasteiger partial charge < -0.3 is 4.42 Å². The van der Waals surface area contributed by atoms with Gasteiger partial charge in [0.05, 0.1) is 11.2 Å². The summed E-state index contributed by atoms with van der Waals surface area (Å²) >= 11 is 1.34. The number of aromatic nitrogens is 2. The minimum Gasteiger partial charge on any atom is -0.408 e. The first-order valence-corrected chi connectivity index (χ1v) is 7.94. The maximum absolute atomic E-state index is 13.7. The summed E-state index contributed by atoms with van der Waals surface area (Å²) in [5.74, 6) is -2.25. The van der Waals surface area contributed by atoms with Crippen molar-refractivity contribution in [1.29, 1.82) is 0 Å². The van der Waals surface area contributed by atoms with Gasteiger partial charge in [0.1, 0.15) is 5.01 Å². The van der Waals surface area contributed by atoms with Gasteiger partial charge in [-0.2, -0.15) is 0 Å². The van der Waals surface area contributed by atoms with E-state index in [-0.39, 0.29) is 5.56 Å². The zero-order valence-electron chi connectivity index (χ0n) is 12.4. The Labute approximate surface area is 138 Å². The van der Waals surface area contributed by atoms with Crippen LogP contribution in [0, 0.1) is 18.6 Å². The van der Waals surface area contributed by atoms with E-state index in [1.54, 1.807) is 12.1 Å². The first kappa shape index (κ1) is 14.8. The van der Waals surface area contributed by atoms with Crippen molar-refractivity contribution in [2.75, 3.05) is 0 Å². The minimum absolute atomic E-state index is 0.225. The molecule has 120 valence electrons. The Morgan fingerprint density at radius 3 is 2.88 bits per heavy atom. The topological polar surface area (TPSA) is 58.9 Å². The van der Waals surface area contributed by atoms with E-state index in [0.29, 0.717) is 27.4 Å². The van der Waals surface area contributed by atoms with Crippen LogP contribution in [0.3, 0.4) is 0 Å². The highest BCUT2D eigenvalue weighted by Gasteiger charge is 2.15. The molecule has 4 rings (SSSR count). The molecule has 0 aliphatic carbocycles. The third-order valence-electron chi connectivity index (χ3n) is 3.79. The van der Waals surface area contributed by atoms with Crippen molar-refractivity contribution in [2.45, 2.75) is 6.92 Å². The van der Waals surface area contributed by atoms with Crippen LogP contribution >= 0.6 is 11.3 Å². The van der Waals surface area contributed by atoms with Gasteiger partial charge in [0, 0.05) is 16.5 Å². The van der Waals surface area contributed by atoms with E-state index in [1.165, 1.54) is 24.3 Å². The molecular formula is C17H10F2N2O2S. The van der Waals surface area contributed by atoms with Crippen LogP contribution in [0.1, 0.15) is 5.56 Å². The lowest BCUT2D eigenvalue weighted by atomic mass is 10.1. The molecule has 0 radical (unpaired) electrons. The van der Waals surface area contributed by atoms with Crippen molar-refractivity contribution in [3.63, 3.8) is 0 Å². The van der Waals surface area contributed by atoms with E-state index >= 15 is 0 Å². The lowest BCUT2D eigenvalue weighted by Gasteiger charge is -2.04. The fraction of sp³-hybridized carbons (Fsp3) is 0.0588. The van der Waals surface area contributed by atoms with Crippen molar-refractivity contribution in [3.8, 4) is 21.8 Å². The van der Waals surface area contributed by atoms with Gasteiger partial charge in [-0.05, 0) is 36.8 Å². The average Bonchev–Trinajstić information content (AvgIpc) is 3.17. The first-order valence-electron chi connectivity index (χ1n) is 7.06. The maximum atomic E-state index is 13.7. The van der Waals surface area contributed by atoms with E-state index < -0.39 is 17.4 Å². The fourth-order valence-corrected chi connectivity index (χ4v) is 3.43. The molecule has 24 heavy (non-hydrogen) atoms. The van der Waals surface area contributed by atoms with Crippen molar-refractivity contribution >= 4 is 22.4 Å². The molecule has 7 heteroatoms. The van der Waals surface area contributed by atoms with Gasteiger partial charge in [0.25, 0.3) is 0 Å². The van der Waals surface area contributed by atoms with Gasteiger partial charge in [-0.25, -0.2) is 18.6 Å². The molecule has 0 atom stereocenters. The van der Waals surface area contributed by atoms with Gasteiger partial charge in [0.15, 0.2) is 17.2 Å². The Bertz CT molecular complexity index is 1130. The molecule has 0 unspecified atom stereocenters. The number of benzene rings is 2. The van der Waals surface area contributed by atoms with Crippen molar-refractivity contribution in [2.24, 2.45) is 0 Å². The lowest BCUT2D eigenvalue weighted by Crippen LogP contribution is -1.92. The zero-order valence-corrected chi connectivity index (χ0v) is 13.2. The molecule has 1 N–H and O–H groups in total. The molecule has 0 aliphatic heterocycles. The normalized spacial score (nSPS) is 11.3. The molecule has 4 aromatic rings. The van der Waals surface area contributed by atoms with Gasteiger partial charge in [-0.3, -0.25) is 4.98 Å². The predicted molar refractivity (Wildman–Crippen MR) is 88.0 cm³/mol. The van der Waals surface area contributed by atoms with E-state index in [1.807, 2.05) is 11.4 Å². The number of nitrogens with one attached hydrogen (secondary N) is 1. The summed E-state index contributed by atoms with van der Waals surface area (Å²) < 4.78 is 32.0. The van der Waals surface area contributed by atoms with Crippen LogP contribution in [-0.4, -0.2) is 9.97 Å². The molecule has 2 heterocycles. The molecule has 0 saturated carbocycles. The number of aromatic amines is 1. The number of fused-ring (bicyclic) bond motifs is 1. The summed E-state index contributed by atoms with van der Waals surface area (Å²) in [5, 5.41) is 2.42. The molecular weight excluding hydrogens is 334 g/mol. The molecule has 2 aromatic carbocycles. The number of thiazole rings is 1. The van der Waals surface area contributed by atoms with Crippen LogP contribution < -0.4 is 5.76 Å². The van der Waals surface area contributed by atoms with Crippen molar-refractivity contribution < 1.29 is 13.2 Å². The number of nitrogens with zero attached hydrogens (tertiary/aromatic N) is 1. The highest BCUT2D eigenvalue weighted by molar-refractivity contribution is 7.13. The van der Waals surface area contributed by atoms with Gasteiger partial charge in [0.2, 0.25) is 0 Å². The minimum atomic E-state index is -0.874. The second-order valence-electron chi connectivity index (χ2n) is 5.30. The number of halogens is 2. The standard InChI is InChI=1S/C17H10F2N2O2S/c1-8-10(3-4-11(18)15(8)19)16-20-13(7-24-16)9-2-5-12-14(6-9)23-17(22)21-12/h2-7H,1H3,(H,21,22). The van der Waals surface area contributed by atoms with Crippen LogP contribution in [0.15, 0.2) is 44.9 Å². The summed E-state index contributed by atoms with van der Waals surface area (Å²) in [6.45, 7) is 1.52. The lowest BCUT2D eigenvalue weighted by molar-refractivity contribution is 0.503. The smallest absolute Gasteiger partial charge is 0.408 e. The third-order valence-corrected chi connectivity index (χ3v) is 4.67. The van der Waals surface area contributed by atoms with E-state index in [4.69, 9.17) is 4.42 Å². The highest BCUT2D eigenvalue weighted by Crippen LogP contribution is 2.33. The molecule has 0 saturated heterocycles. The van der Waals surface area contributed by atoms with Gasteiger partial charge in [-0.1, -0.05) is 6.07 Å². The van der Waals surface area contributed by atoms with Crippen LogP contribution in [0.5, 0.6) is 0 Å². The molecule has 0 spiro atoms. The summed E-state index contributed by atoms with van der Waals surface area (Å²) in [6.07, 6.45) is 0. The second-order valence-corrected chi connectivity index (χ2v) is 6.16. The Balaban J connectivity index is 1.79. The van der Waals surface area contributed by atoms with Crippen LogP contribution in [0.2, 0.25) is 0 Å². The predicted octanol–water partition coefficient (Wildman–Crippen LogP) is 4.50. The monoisotopic (exact) mass is 344 g/mol. The number of hydrogen-bond acceptors (Lipinski definition) is 4. The van der Waals surface area contributed by atoms with Crippen molar-refractivity contribution in [3.05, 3.63) is 63.5 Å². The summed E-state index contributed by atoms with van der Waals surface area (Å²) in [5.41, 5.74) is 3.27. The summed E-state index contributed by atoms with van der Waals surface area (Å²) in [7, 11) is 0. The zero-order chi connectivity index (χ0) is 16.8. The summed E-state index contributed by atoms with van der Waals surface area (Å²) in [6, 6.07) is 7.87. The molecule has 0 amide bonds. The molecule has 0 aliphatic rings. The number of oxazole rings is 1. The first-order chi connectivity index (χ1) is 11.5. The Morgan fingerprint density at radius 2 is 2.04 bits per heavy atom. The Morgan fingerprint density at radius 1 is 1.21 bits per heavy atom. The molecule has 4 nitrogen and oxygen atoms in total. The largest absolute Gasteiger partial charge is 0.417 e. The maximum Gasteiger partial charge on any atom is 0.417 e. The third kappa shape index (κ3) is 2.33. The van der Waals surface area contributed by atoms with Crippen LogP contribution in [0.4, 0.5) is 8.78 Å². The van der Waals surface area contributed by atoms with E-state index in [0.717, 1.165) is 11.6 Å². The van der Waals surface area contributed by atoms with E-state index in [9.17, 15) is 13.6 Å².